The van der Waals surface area contributed by atoms with Crippen LogP contribution in [0.25, 0.3) is 0 Å². The molecule has 0 aliphatic carbocycles. The van der Waals surface area contributed by atoms with Gasteiger partial charge in [0.05, 0.1) is 5.54 Å². The van der Waals surface area contributed by atoms with Crippen LogP contribution in [0.3, 0.4) is 0 Å². The third kappa shape index (κ3) is 2.13. The molecule has 0 unspecified atom stereocenters. The number of carbonyl (C=O) groups is 2. The molecule has 1 aromatic carbocycles. The minimum atomic E-state index is -0.726. The molecule has 3 heteroatoms. The summed E-state index contributed by atoms with van der Waals surface area (Å²) >= 11 is 0. The Morgan fingerprint density at radius 2 is 1.88 bits per heavy atom. The van der Waals surface area contributed by atoms with E-state index in [-0.39, 0.29) is 11.7 Å². The van der Waals surface area contributed by atoms with Gasteiger partial charge in [-0.1, -0.05) is 30.3 Å². The lowest BCUT2D eigenvalue weighted by Gasteiger charge is -2.33. The Balaban J connectivity index is 2.18. The van der Waals surface area contributed by atoms with Gasteiger partial charge in [0.1, 0.15) is 0 Å². The zero-order valence-electron chi connectivity index (χ0n) is 9.32. The number of hydrogen-bond acceptors (Lipinski definition) is 2. The fourth-order valence-electron chi connectivity index (χ4n) is 2.09. The number of Topliss-reactive ketones (excluding diaryl/α,β-unsaturated/α-hetero) is 1. The molecule has 84 valence electrons. The van der Waals surface area contributed by atoms with Gasteiger partial charge in [0.25, 0.3) is 0 Å². The van der Waals surface area contributed by atoms with E-state index in [1.54, 1.807) is 6.92 Å². The van der Waals surface area contributed by atoms with Crippen molar-refractivity contribution in [1.29, 1.82) is 0 Å². The smallest absolute Gasteiger partial charge is 0.221 e. The molecule has 1 atom stereocenters. The molecule has 16 heavy (non-hydrogen) atoms. The van der Waals surface area contributed by atoms with Crippen molar-refractivity contribution in [3.05, 3.63) is 35.9 Å². The van der Waals surface area contributed by atoms with Crippen LogP contribution in [0.5, 0.6) is 0 Å². The van der Waals surface area contributed by atoms with E-state index in [2.05, 4.69) is 5.32 Å². The molecule has 0 saturated carbocycles. The van der Waals surface area contributed by atoms with Crippen molar-refractivity contribution in [2.75, 3.05) is 0 Å². The van der Waals surface area contributed by atoms with Crippen LogP contribution in [-0.2, 0) is 16.0 Å². The summed E-state index contributed by atoms with van der Waals surface area (Å²) in [6, 6.07) is 9.76. The molecule has 3 nitrogen and oxygen atoms in total. The maximum Gasteiger partial charge on any atom is 0.221 e. The Hall–Kier alpha value is -1.64. The van der Waals surface area contributed by atoms with E-state index in [1.807, 2.05) is 30.3 Å². The molecule has 1 aliphatic heterocycles. The third-order valence-electron chi connectivity index (χ3n) is 3.01. The van der Waals surface area contributed by atoms with Crippen molar-refractivity contribution in [2.45, 2.75) is 31.7 Å². The Morgan fingerprint density at radius 3 is 2.56 bits per heavy atom. The number of piperidine rings is 1. The third-order valence-corrected chi connectivity index (χ3v) is 3.01. The van der Waals surface area contributed by atoms with E-state index in [1.165, 1.54) is 0 Å². The lowest BCUT2D eigenvalue weighted by molar-refractivity contribution is -0.136. The first kappa shape index (κ1) is 10.9. The summed E-state index contributed by atoms with van der Waals surface area (Å²) in [5.74, 6) is 0.0917. The molecular formula is C13H15NO2. The predicted octanol–water partition coefficient (Wildman–Crippen LogP) is 1.47. The number of carbonyl (C=O) groups excluding carboxylic acids is 2. The molecule has 1 amide bonds. The maximum atomic E-state index is 11.9. The molecule has 0 spiro atoms. The first-order valence-corrected chi connectivity index (χ1v) is 5.48. The highest BCUT2D eigenvalue weighted by atomic mass is 16.2. The van der Waals surface area contributed by atoms with Crippen LogP contribution in [0.15, 0.2) is 30.3 Å². The lowest BCUT2D eigenvalue weighted by atomic mass is 9.83. The Morgan fingerprint density at radius 1 is 1.19 bits per heavy atom. The number of benzene rings is 1. The standard InChI is InChI=1S/C13H15NO2/c1-13(9-10-5-3-2-4-6-10)11(15)7-8-12(16)14-13/h2-6H,7-9H2,1H3,(H,14,16)/t13-/m0/s1. The van der Waals surface area contributed by atoms with E-state index >= 15 is 0 Å². The molecule has 2 rings (SSSR count). The summed E-state index contributed by atoms with van der Waals surface area (Å²) in [6.07, 6.45) is 1.25. The summed E-state index contributed by atoms with van der Waals surface area (Å²) in [5.41, 5.74) is 0.344. The molecule has 1 heterocycles. The molecule has 0 bridgehead atoms. The largest absolute Gasteiger partial charge is 0.344 e. The maximum absolute atomic E-state index is 11.9. The molecule has 1 fully saturated rings. The van der Waals surface area contributed by atoms with Crippen molar-refractivity contribution < 1.29 is 9.59 Å². The second kappa shape index (κ2) is 4.08. The number of ketones is 1. The minimum absolute atomic E-state index is 0.0296. The van der Waals surface area contributed by atoms with Crippen LogP contribution >= 0.6 is 0 Å². The Kier molecular flexibility index (Phi) is 2.77. The van der Waals surface area contributed by atoms with E-state index < -0.39 is 5.54 Å². The van der Waals surface area contributed by atoms with Crippen LogP contribution in [0.4, 0.5) is 0 Å². The average molecular weight is 217 g/mol. The molecule has 1 aromatic rings. The van der Waals surface area contributed by atoms with Gasteiger partial charge in [-0.15, -0.1) is 0 Å². The second-order valence-corrected chi connectivity index (χ2v) is 4.47. The van der Waals surface area contributed by atoms with Crippen LogP contribution < -0.4 is 5.32 Å². The van der Waals surface area contributed by atoms with Crippen molar-refractivity contribution in [3.63, 3.8) is 0 Å². The van der Waals surface area contributed by atoms with Crippen molar-refractivity contribution in [1.82, 2.24) is 5.32 Å². The average Bonchev–Trinajstić information content (AvgIpc) is 2.25. The van der Waals surface area contributed by atoms with Gasteiger partial charge in [-0.3, -0.25) is 9.59 Å². The molecule has 1 N–H and O–H groups in total. The number of amides is 1. The highest BCUT2D eigenvalue weighted by molar-refractivity contribution is 5.98. The van der Waals surface area contributed by atoms with Gasteiger partial charge < -0.3 is 5.32 Å². The minimum Gasteiger partial charge on any atom is -0.344 e. The molecule has 1 aliphatic rings. The number of nitrogens with one attached hydrogen (secondary N) is 1. The summed E-state index contributed by atoms with van der Waals surface area (Å²) < 4.78 is 0. The summed E-state index contributed by atoms with van der Waals surface area (Å²) in [5, 5.41) is 2.80. The van der Waals surface area contributed by atoms with Gasteiger partial charge in [0.2, 0.25) is 5.91 Å². The molecular weight excluding hydrogens is 202 g/mol. The number of hydrogen-bond donors (Lipinski definition) is 1. The fraction of sp³-hybridized carbons (Fsp3) is 0.385. The first-order chi connectivity index (χ1) is 7.60. The van der Waals surface area contributed by atoms with E-state index in [9.17, 15) is 9.59 Å². The fourth-order valence-corrected chi connectivity index (χ4v) is 2.09. The Labute approximate surface area is 94.9 Å². The molecule has 1 saturated heterocycles. The van der Waals surface area contributed by atoms with E-state index in [4.69, 9.17) is 0 Å². The van der Waals surface area contributed by atoms with Crippen molar-refractivity contribution >= 4 is 11.7 Å². The van der Waals surface area contributed by atoms with E-state index in [0.717, 1.165) is 5.56 Å². The van der Waals surface area contributed by atoms with Crippen LogP contribution in [0.1, 0.15) is 25.3 Å². The Bertz CT molecular complexity index is 413. The second-order valence-electron chi connectivity index (χ2n) is 4.47. The van der Waals surface area contributed by atoms with E-state index in [0.29, 0.717) is 19.3 Å². The first-order valence-electron chi connectivity index (χ1n) is 5.48. The van der Waals surface area contributed by atoms with Crippen LogP contribution in [-0.4, -0.2) is 17.2 Å². The van der Waals surface area contributed by atoms with Crippen LogP contribution in [0, 0.1) is 0 Å². The summed E-state index contributed by atoms with van der Waals surface area (Å²) in [4.78, 5) is 23.2. The van der Waals surface area contributed by atoms with Crippen molar-refractivity contribution in [3.8, 4) is 0 Å². The molecule has 0 aromatic heterocycles. The SMILES string of the molecule is C[C@@]1(Cc2ccccc2)NC(=O)CCC1=O. The van der Waals surface area contributed by atoms with Crippen LogP contribution in [0.2, 0.25) is 0 Å². The van der Waals surface area contributed by atoms with Gasteiger partial charge in [-0.25, -0.2) is 0 Å². The zero-order chi connectivity index (χ0) is 11.6. The van der Waals surface area contributed by atoms with Gasteiger partial charge in [-0.05, 0) is 12.5 Å². The van der Waals surface area contributed by atoms with Gasteiger partial charge in [-0.2, -0.15) is 0 Å². The number of rotatable bonds is 2. The summed E-state index contributed by atoms with van der Waals surface area (Å²) in [6.45, 7) is 1.80. The monoisotopic (exact) mass is 217 g/mol. The molecule has 0 radical (unpaired) electrons. The highest BCUT2D eigenvalue weighted by Gasteiger charge is 2.37. The van der Waals surface area contributed by atoms with Gasteiger partial charge in [0, 0.05) is 19.3 Å². The van der Waals surface area contributed by atoms with Gasteiger partial charge in [0.15, 0.2) is 5.78 Å². The quantitative estimate of drug-likeness (QED) is 0.815. The highest BCUT2D eigenvalue weighted by Crippen LogP contribution is 2.20. The topological polar surface area (TPSA) is 46.2 Å². The zero-order valence-corrected chi connectivity index (χ0v) is 9.32. The summed E-state index contributed by atoms with van der Waals surface area (Å²) in [7, 11) is 0. The van der Waals surface area contributed by atoms with Gasteiger partial charge >= 0.3 is 0 Å². The normalized spacial score (nSPS) is 25.3. The predicted molar refractivity (Wildman–Crippen MR) is 60.9 cm³/mol. The lowest BCUT2D eigenvalue weighted by Crippen LogP contribution is -2.57. The van der Waals surface area contributed by atoms with Crippen molar-refractivity contribution in [2.24, 2.45) is 0 Å².